The molecule has 0 aliphatic rings. The van der Waals surface area contributed by atoms with Crippen molar-refractivity contribution in [2.45, 2.75) is 13.3 Å². The Morgan fingerprint density at radius 3 is 2.78 bits per heavy atom. The van der Waals surface area contributed by atoms with Gasteiger partial charge >= 0.3 is 0 Å². The number of aryl methyl sites for hydroxylation is 1. The lowest BCUT2D eigenvalue weighted by molar-refractivity contribution is -0.384. The normalized spacial score (nSPS) is 11.0. The maximum Gasteiger partial charge on any atom is 0.270 e. The number of imidazole rings is 1. The van der Waals surface area contributed by atoms with Gasteiger partial charge in [-0.15, -0.1) is 0 Å². The minimum atomic E-state index is -0.401. The van der Waals surface area contributed by atoms with Crippen molar-refractivity contribution in [3.63, 3.8) is 0 Å². The highest BCUT2D eigenvalue weighted by atomic mass is 32.1. The summed E-state index contributed by atoms with van der Waals surface area (Å²) in [6.07, 6.45) is 4.51. The van der Waals surface area contributed by atoms with E-state index in [1.807, 2.05) is 28.8 Å². The number of hydrogen-bond donors (Lipinski definition) is 1. The summed E-state index contributed by atoms with van der Waals surface area (Å²) in [5.41, 5.74) is 5.57. The van der Waals surface area contributed by atoms with Gasteiger partial charge in [-0.3, -0.25) is 14.5 Å². The van der Waals surface area contributed by atoms with E-state index in [1.165, 1.54) is 11.6 Å². The summed E-state index contributed by atoms with van der Waals surface area (Å²) in [5.74, 6) is 0. The van der Waals surface area contributed by atoms with Gasteiger partial charge in [-0.25, -0.2) is 4.98 Å². The first-order valence-corrected chi connectivity index (χ1v) is 8.93. The van der Waals surface area contributed by atoms with Gasteiger partial charge in [0.25, 0.3) is 5.69 Å². The number of nitrogens with one attached hydrogen (secondary N) is 1. The number of H-pyrrole nitrogens is 1. The van der Waals surface area contributed by atoms with Crippen molar-refractivity contribution in [2.75, 3.05) is 0 Å². The van der Waals surface area contributed by atoms with Crippen LogP contribution in [0.4, 0.5) is 5.69 Å². The van der Waals surface area contributed by atoms with E-state index in [0.29, 0.717) is 4.77 Å². The van der Waals surface area contributed by atoms with Crippen molar-refractivity contribution in [1.82, 2.24) is 14.4 Å². The third-order valence-electron chi connectivity index (χ3n) is 4.57. The van der Waals surface area contributed by atoms with E-state index >= 15 is 0 Å². The van der Waals surface area contributed by atoms with Crippen LogP contribution in [0.15, 0.2) is 60.9 Å². The molecule has 0 atom stereocenters. The number of aromatic amines is 1. The summed E-state index contributed by atoms with van der Waals surface area (Å²) in [6, 6.07) is 14.7. The maximum atomic E-state index is 11.1. The van der Waals surface area contributed by atoms with Gasteiger partial charge in [-0.1, -0.05) is 43.3 Å². The molecule has 0 bridgehead atoms. The summed E-state index contributed by atoms with van der Waals surface area (Å²) in [6.45, 7) is 2.11. The summed E-state index contributed by atoms with van der Waals surface area (Å²) >= 11 is 5.38. The van der Waals surface area contributed by atoms with Gasteiger partial charge in [-0.05, 0) is 29.8 Å². The van der Waals surface area contributed by atoms with Gasteiger partial charge < -0.3 is 4.98 Å². The van der Waals surface area contributed by atoms with Crippen LogP contribution < -0.4 is 0 Å². The van der Waals surface area contributed by atoms with Crippen molar-refractivity contribution in [3.05, 3.63) is 81.4 Å². The lowest BCUT2D eigenvalue weighted by Crippen LogP contribution is -1.95. The fraction of sp³-hybridized carbons (Fsp3) is 0.100. The average Bonchev–Trinajstić information content (AvgIpc) is 3.15. The number of benzene rings is 2. The van der Waals surface area contributed by atoms with Gasteiger partial charge in [0.1, 0.15) is 5.65 Å². The number of nitro benzene ring substituents is 1. The van der Waals surface area contributed by atoms with Crippen LogP contribution in [0.1, 0.15) is 12.5 Å². The van der Waals surface area contributed by atoms with E-state index in [4.69, 9.17) is 12.2 Å². The third kappa shape index (κ3) is 3.02. The fourth-order valence-electron chi connectivity index (χ4n) is 3.23. The quantitative estimate of drug-likeness (QED) is 0.302. The number of fused-ring (bicyclic) bond motifs is 1. The molecular weight excluding hydrogens is 360 g/mol. The molecule has 0 amide bonds. The molecule has 0 aliphatic heterocycles. The van der Waals surface area contributed by atoms with Crippen LogP contribution >= 0.6 is 12.2 Å². The molecule has 0 aliphatic carbocycles. The summed E-state index contributed by atoms with van der Waals surface area (Å²) in [5, 5.41) is 11.1. The Kier molecular flexibility index (Phi) is 4.29. The second-order valence-corrected chi connectivity index (χ2v) is 6.52. The maximum absolute atomic E-state index is 11.1. The molecule has 4 rings (SSSR count). The van der Waals surface area contributed by atoms with Crippen molar-refractivity contribution in [3.8, 4) is 22.4 Å². The van der Waals surface area contributed by atoms with Crippen molar-refractivity contribution < 1.29 is 4.92 Å². The molecule has 4 aromatic rings. The van der Waals surface area contributed by atoms with Crippen molar-refractivity contribution in [1.29, 1.82) is 0 Å². The molecule has 2 heterocycles. The lowest BCUT2D eigenvalue weighted by Gasteiger charge is -2.08. The minimum Gasteiger partial charge on any atom is -0.339 e. The summed E-state index contributed by atoms with van der Waals surface area (Å²) in [4.78, 5) is 18.4. The number of aromatic nitrogens is 3. The molecule has 1 N–H and O–H groups in total. The Bertz CT molecular complexity index is 1230. The first kappa shape index (κ1) is 17.1. The Labute approximate surface area is 160 Å². The van der Waals surface area contributed by atoms with E-state index in [1.54, 1.807) is 18.3 Å². The van der Waals surface area contributed by atoms with E-state index in [2.05, 4.69) is 29.0 Å². The van der Waals surface area contributed by atoms with Crippen molar-refractivity contribution >= 4 is 23.6 Å². The van der Waals surface area contributed by atoms with E-state index in [0.717, 1.165) is 34.5 Å². The molecule has 0 spiro atoms. The average molecular weight is 376 g/mol. The van der Waals surface area contributed by atoms with Crippen LogP contribution in [-0.2, 0) is 6.42 Å². The zero-order valence-electron chi connectivity index (χ0n) is 14.5. The van der Waals surface area contributed by atoms with E-state index in [-0.39, 0.29) is 5.69 Å². The third-order valence-corrected chi connectivity index (χ3v) is 4.88. The molecule has 0 saturated carbocycles. The van der Waals surface area contributed by atoms with E-state index < -0.39 is 4.92 Å². The largest absolute Gasteiger partial charge is 0.339 e. The lowest BCUT2D eigenvalue weighted by atomic mass is 10.00. The number of non-ortho nitro benzene ring substituents is 1. The molecule has 27 heavy (non-hydrogen) atoms. The highest BCUT2D eigenvalue weighted by Crippen LogP contribution is 2.30. The molecule has 134 valence electrons. The smallest absolute Gasteiger partial charge is 0.270 e. The van der Waals surface area contributed by atoms with E-state index in [9.17, 15) is 10.1 Å². The predicted octanol–water partition coefficient (Wildman–Crippen LogP) is 5.20. The van der Waals surface area contributed by atoms with Crippen LogP contribution in [-0.4, -0.2) is 19.3 Å². The molecule has 6 nitrogen and oxygen atoms in total. The second-order valence-electron chi connectivity index (χ2n) is 6.16. The fourth-order valence-corrected chi connectivity index (χ4v) is 3.42. The molecule has 0 fully saturated rings. The van der Waals surface area contributed by atoms with Crippen LogP contribution in [0.25, 0.3) is 28.0 Å². The summed E-state index contributed by atoms with van der Waals surface area (Å²) in [7, 11) is 0. The Hall–Kier alpha value is -3.32. The molecule has 0 saturated heterocycles. The first-order valence-electron chi connectivity index (χ1n) is 8.52. The Morgan fingerprint density at radius 1 is 1.19 bits per heavy atom. The zero-order valence-corrected chi connectivity index (χ0v) is 15.4. The van der Waals surface area contributed by atoms with Gasteiger partial charge in [-0.2, -0.15) is 0 Å². The molecular formula is C20H16N4O2S. The molecule has 2 aromatic carbocycles. The highest BCUT2D eigenvalue weighted by Gasteiger charge is 2.14. The molecule has 7 heteroatoms. The van der Waals surface area contributed by atoms with Crippen molar-refractivity contribution in [2.24, 2.45) is 0 Å². The standard InChI is InChI=1S/C20H16N4O2S/c1-2-13-6-3-4-9-16(13)17-11-21-20(27)23-12-18(22-19(17)23)14-7-5-8-15(10-14)24(25)26/h3-12,22H,2H2,1H3. The summed E-state index contributed by atoms with van der Waals surface area (Å²) < 4.78 is 2.24. The topological polar surface area (TPSA) is 76.2 Å². The molecule has 0 unspecified atom stereocenters. The van der Waals surface area contributed by atoms with Gasteiger partial charge in [0.2, 0.25) is 4.77 Å². The van der Waals surface area contributed by atoms with Crippen LogP contribution in [0.5, 0.6) is 0 Å². The first-order chi connectivity index (χ1) is 13.1. The van der Waals surface area contributed by atoms with Gasteiger partial charge in [0.15, 0.2) is 0 Å². The van der Waals surface area contributed by atoms with Crippen LogP contribution in [0, 0.1) is 14.9 Å². The predicted molar refractivity (Wildman–Crippen MR) is 107 cm³/mol. The van der Waals surface area contributed by atoms with Crippen LogP contribution in [0.2, 0.25) is 0 Å². The van der Waals surface area contributed by atoms with Gasteiger partial charge in [0, 0.05) is 35.7 Å². The number of nitro groups is 1. The number of nitrogens with zero attached hydrogens (tertiary/aromatic N) is 3. The van der Waals surface area contributed by atoms with Gasteiger partial charge in [0.05, 0.1) is 10.6 Å². The highest BCUT2D eigenvalue weighted by molar-refractivity contribution is 7.71. The Morgan fingerprint density at radius 2 is 2.00 bits per heavy atom. The number of rotatable bonds is 4. The Balaban J connectivity index is 1.95. The monoisotopic (exact) mass is 376 g/mol. The SMILES string of the molecule is CCc1ccccc1-c1cnc(=S)n2cc(-c3cccc([N+](=O)[O-])c3)[nH]c12. The number of hydrogen-bond acceptors (Lipinski definition) is 4. The molecule has 0 radical (unpaired) electrons. The van der Waals surface area contributed by atoms with Crippen LogP contribution in [0.3, 0.4) is 0 Å². The molecule has 2 aromatic heterocycles. The zero-order chi connectivity index (χ0) is 19.0. The minimum absolute atomic E-state index is 0.0458. The second kappa shape index (κ2) is 6.77.